The van der Waals surface area contributed by atoms with E-state index in [4.69, 9.17) is 0 Å². The summed E-state index contributed by atoms with van der Waals surface area (Å²) in [7, 11) is -2.95. The highest BCUT2D eigenvalue weighted by Gasteiger charge is 2.21. The maximum absolute atomic E-state index is 12.8. The van der Waals surface area contributed by atoms with Gasteiger partial charge in [-0.15, -0.1) is 11.8 Å². The standard InChI is InChI=1S/C26H33N3O4S2/c1-18(2)17-34-22-13-21(14-23(15-22)35(31,32)28-25(30)33-6)20-9-7-19(8-10-20)16-29-12-11-27-24(29)26(3,4)5/h7-15,18H,16-17H2,1-6H3,(H,28,30). The minimum atomic E-state index is -4.07. The fourth-order valence-electron chi connectivity index (χ4n) is 3.53. The number of aromatic nitrogens is 2. The second-order valence-corrected chi connectivity index (χ2v) is 12.6. The second kappa shape index (κ2) is 10.9. The minimum Gasteiger partial charge on any atom is -0.452 e. The molecule has 1 amide bonds. The average molecular weight is 516 g/mol. The van der Waals surface area contributed by atoms with Crippen LogP contribution >= 0.6 is 11.8 Å². The second-order valence-electron chi connectivity index (χ2n) is 9.82. The van der Waals surface area contributed by atoms with Gasteiger partial charge in [0.05, 0.1) is 12.0 Å². The predicted octanol–water partition coefficient (Wildman–Crippen LogP) is 5.69. The number of nitrogens with one attached hydrogen (secondary N) is 1. The molecule has 9 heteroatoms. The molecule has 0 aliphatic rings. The van der Waals surface area contributed by atoms with Gasteiger partial charge < -0.3 is 9.30 Å². The van der Waals surface area contributed by atoms with E-state index in [1.54, 1.807) is 23.9 Å². The van der Waals surface area contributed by atoms with Gasteiger partial charge in [0.1, 0.15) is 5.82 Å². The first-order chi connectivity index (χ1) is 16.4. The third kappa shape index (κ3) is 7.11. The molecule has 3 aromatic rings. The van der Waals surface area contributed by atoms with E-state index in [0.29, 0.717) is 12.5 Å². The molecule has 35 heavy (non-hydrogen) atoms. The zero-order valence-electron chi connectivity index (χ0n) is 21.0. The number of imidazole rings is 1. The molecule has 0 aliphatic heterocycles. The van der Waals surface area contributed by atoms with Gasteiger partial charge in [-0.3, -0.25) is 0 Å². The third-order valence-electron chi connectivity index (χ3n) is 5.20. The Labute approximate surface area is 212 Å². The molecular formula is C26H33N3O4S2. The van der Waals surface area contributed by atoms with Crippen molar-refractivity contribution in [1.82, 2.24) is 14.3 Å². The van der Waals surface area contributed by atoms with Crippen LogP contribution < -0.4 is 4.72 Å². The summed E-state index contributed by atoms with van der Waals surface area (Å²) in [5.41, 5.74) is 2.70. The van der Waals surface area contributed by atoms with Crippen LogP contribution in [0.25, 0.3) is 11.1 Å². The van der Waals surface area contributed by atoms with Crippen molar-refractivity contribution in [3.05, 3.63) is 66.2 Å². The van der Waals surface area contributed by atoms with E-state index in [1.165, 1.54) is 0 Å². The smallest absolute Gasteiger partial charge is 0.420 e. The van der Waals surface area contributed by atoms with Gasteiger partial charge >= 0.3 is 6.09 Å². The SMILES string of the molecule is COC(=O)NS(=O)(=O)c1cc(SCC(C)C)cc(-c2ccc(Cn3ccnc3C(C)(C)C)cc2)c1. The summed E-state index contributed by atoms with van der Waals surface area (Å²) in [6, 6.07) is 13.2. The highest BCUT2D eigenvalue weighted by Crippen LogP contribution is 2.31. The Morgan fingerprint density at radius 1 is 1.11 bits per heavy atom. The fraction of sp³-hybridized carbons (Fsp3) is 0.385. The van der Waals surface area contributed by atoms with Crippen molar-refractivity contribution in [1.29, 1.82) is 0 Å². The summed E-state index contributed by atoms with van der Waals surface area (Å²) < 4.78 is 34.1. The van der Waals surface area contributed by atoms with E-state index < -0.39 is 16.1 Å². The highest BCUT2D eigenvalue weighted by atomic mass is 32.2. The average Bonchev–Trinajstić information content (AvgIpc) is 3.26. The molecule has 2 aromatic carbocycles. The lowest BCUT2D eigenvalue weighted by Gasteiger charge is -2.20. The van der Waals surface area contributed by atoms with Crippen molar-refractivity contribution in [2.75, 3.05) is 12.9 Å². The molecule has 7 nitrogen and oxygen atoms in total. The first kappa shape index (κ1) is 26.8. The van der Waals surface area contributed by atoms with Crippen LogP contribution in [0.15, 0.2) is 64.6 Å². The van der Waals surface area contributed by atoms with Gasteiger partial charge in [-0.1, -0.05) is 58.9 Å². The van der Waals surface area contributed by atoms with E-state index in [1.807, 2.05) is 47.4 Å². The summed E-state index contributed by atoms with van der Waals surface area (Å²) in [5.74, 6) is 2.30. The number of sulfonamides is 1. The molecule has 0 spiro atoms. The van der Waals surface area contributed by atoms with Gasteiger partial charge in [0.2, 0.25) is 0 Å². The number of nitrogens with zero attached hydrogens (tertiary/aromatic N) is 2. The molecule has 3 rings (SSSR count). The lowest BCUT2D eigenvalue weighted by molar-refractivity contribution is 0.177. The molecule has 1 heterocycles. The van der Waals surface area contributed by atoms with Crippen molar-refractivity contribution < 1.29 is 17.9 Å². The topological polar surface area (TPSA) is 90.3 Å². The lowest BCUT2D eigenvalue weighted by atomic mass is 9.95. The van der Waals surface area contributed by atoms with Crippen molar-refractivity contribution >= 4 is 27.9 Å². The number of hydrogen-bond acceptors (Lipinski definition) is 6. The van der Waals surface area contributed by atoms with Crippen molar-refractivity contribution in [3.63, 3.8) is 0 Å². The van der Waals surface area contributed by atoms with E-state index >= 15 is 0 Å². The summed E-state index contributed by atoms with van der Waals surface area (Å²) in [6.45, 7) is 11.3. The van der Waals surface area contributed by atoms with Crippen LogP contribution in [-0.4, -0.2) is 36.9 Å². The summed E-state index contributed by atoms with van der Waals surface area (Å²) in [5, 5.41) is 0. The number of thioether (sulfide) groups is 1. The molecule has 188 valence electrons. The van der Waals surface area contributed by atoms with Gasteiger partial charge in [0.15, 0.2) is 0 Å². The number of ether oxygens (including phenoxy) is 1. The first-order valence-electron chi connectivity index (χ1n) is 11.4. The number of carbonyl (C=O) groups is 1. The fourth-order valence-corrected chi connectivity index (χ4v) is 5.54. The summed E-state index contributed by atoms with van der Waals surface area (Å²) >= 11 is 1.58. The Morgan fingerprint density at radius 3 is 2.40 bits per heavy atom. The van der Waals surface area contributed by atoms with Gasteiger partial charge in [0, 0.05) is 35.0 Å². The van der Waals surface area contributed by atoms with Crippen LogP contribution in [0, 0.1) is 5.92 Å². The summed E-state index contributed by atoms with van der Waals surface area (Å²) in [4.78, 5) is 16.9. The summed E-state index contributed by atoms with van der Waals surface area (Å²) in [6.07, 6.45) is 2.78. The maximum Gasteiger partial charge on any atom is 0.420 e. The molecule has 1 N–H and O–H groups in total. The Morgan fingerprint density at radius 2 is 1.80 bits per heavy atom. The van der Waals surface area contributed by atoms with Crippen molar-refractivity contribution in [2.45, 2.75) is 56.4 Å². The van der Waals surface area contributed by atoms with Gasteiger partial charge in [-0.25, -0.2) is 22.9 Å². The van der Waals surface area contributed by atoms with Gasteiger partial charge in [-0.05, 0) is 40.8 Å². The highest BCUT2D eigenvalue weighted by molar-refractivity contribution is 7.99. The Bertz CT molecular complexity index is 1270. The molecule has 0 unspecified atom stereocenters. The maximum atomic E-state index is 12.8. The normalized spacial score (nSPS) is 12.1. The van der Waals surface area contributed by atoms with Crippen molar-refractivity contribution in [2.24, 2.45) is 5.92 Å². The molecular weight excluding hydrogens is 482 g/mol. The lowest BCUT2D eigenvalue weighted by Crippen LogP contribution is -2.30. The number of amides is 1. The molecule has 0 saturated heterocycles. The van der Waals surface area contributed by atoms with Crippen molar-refractivity contribution in [3.8, 4) is 11.1 Å². The first-order valence-corrected chi connectivity index (χ1v) is 13.9. The number of carbonyl (C=O) groups excluding carboxylic acids is 1. The molecule has 0 aliphatic carbocycles. The largest absolute Gasteiger partial charge is 0.452 e. The third-order valence-corrected chi connectivity index (χ3v) is 7.90. The van der Waals surface area contributed by atoms with Crippen LogP contribution in [0.3, 0.4) is 0 Å². The molecule has 0 fully saturated rings. The number of benzene rings is 2. The molecule has 0 radical (unpaired) electrons. The predicted molar refractivity (Wildman–Crippen MR) is 140 cm³/mol. The van der Waals surface area contributed by atoms with Crippen LogP contribution in [0.1, 0.15) is 46.0 Å². The molecule has 0 bridgehead atoms. The van der Waals surface area contributed by atoms with E-state index in [-0.39, 0.29) is 10.3 Å². The van der Waals surface area contributed by atoms with Gasteiger partial charge in [0.25, 0.3) is 10.0 Å². The number of hydrogen-bond donors (Lipinski definition) is 1. The van der Waals surface area contributed by atoms with Crippen LogP contribution in [0.2, 0.25) is 0 Å². The van der Waals surface area contributed by atoms with E-state index in [0.717, 1.165) is 40.3 Å². The number of rotatable bonds is 8. The molecule has 0 atom stereocenters. The van der Waals surface area contributed by atoms with Gasteiger partial charge in [-0.2, -0.15) is 0 Å². The quantitative estimate of drug-likeness (QED) is 0.388. The minimum absolute atomic E-state index is 0.0176. The Balaban J connectivity index is 1.93. The Hall–Kier alpha value is -2.78. The Kier molecular flexibility index (Phi) is 8.33. The van der Waals surface area contributed by atoms with Crippen LogP contribution in [0.4, 0.5) is 4.79 Å². The molecule has 1 aromatic heterocycles. The number of methoxy groups -OCH3 is 1. The monoisotopic (exact) mass is 515 g/mol. The van der Waals surface area contributed by atoms with Crippen LogP contribution in [0.5, 0.6) is 0 Å². The zero-order valence-corrected chi connectivity index (χ0v) is 22.7. The molecule has 0 saturated carbocycles. The van der Waals surface area contributed by atoms with Crippen LogP contribution in [-0.2, 0) is 26.7 Å². The zero-order chi connectivity index (χ0) is 25.8. The van der Waals surface area contributed by atoms with E-state index in [2.05, 4.69) is 48.9 Å². The van der Waals surface area contributed by atoms with E-state index in [9.17, 15) is 13.2 Å².